The van der Waals surface area contributed by atoms with Gasteiger partial charge in [-0.05, 0) is 97.7 Å². The van der Waals surface area contributed by atoms with E-state index in [9.17, 15) is 0 Å². The number of aliphatic hydroxyl groups is 2. The van der Waals surface area contributed by atoms with Crippen LogP contribution in [0, 0.1) is 13.8 Å². The lowest BCUT2D eigenvalue weighted by Crippen LogP contribution is -2.44. The fraction of sp³-hybridized carbons (Fsp3) is 0.333. The van der Waals surface area contributed by atoms with E-state index in [1.54, 1.807) is 40.0 Å². The zero-order valence-corrected chi connectivity index (χ0v) is 25.2. The van der Waals surface area contributed by atoms with E-state index in [4.69, 9.17) is 44.1 Å². The van der Waals surface area contributed by atoms with Gasteiger partial charge in [-0.1, -0.05) is 0 Å². The predicted molar refractivity (Wildman–Crippen MR) is 157 cm³/mol. The molecule has 0 bridgehead atoms. The first-order chi connectivity index (χ1) is 17.4. The van der Waals surface area contributed by atoms with Gasteiger partial charge in [-0.2, -0.15) is 0 Å². The molecule has 11 nitrogen and oxygen atoms in total. The number of anilines is 3. The maximum absolute atomic E-state index is 9.10. The van der Waals surface area contributed by atoms with Gasteiger partial charge >= 0.3 is 0 Å². The topological polar surface area (TPSA) is 196 Å². The van der Waals surface area contributed by atoms with E-state index in [1.807, 2.05) is 32.0 Å². The number of halogens is 2. The quantitative estimate of drug-likeness (QED) is 0.198. The molecular weight excluding hydrogens is 621 g/mol. The summed E-state index contributed by atoms with van der Waals surface area (Å²) < 4.78 is 11.4. The fourth-order valence-corrected chi connectivity index (χ4v) is 2.55. The van der Waals surface area contributed by atoms with Crippen molar-refractivity contribution in [3.05, 3.63) is 57.4 Å². The molecule has 8 N–H and O–H groups in total. The van der Waals surface area contributed by atoms with Crippen molar-refractivity contribution in [2.45, 2.75) is 52.7 Å². The lowest BCUT2D eigenvalue weighted by atomic mass is 9.90. The first-order valence-corrected chi connectivity index (χ1v) is 12.6. The predicted octanol–water partition coefficient (Wildman–Crippen LogP) is 3.70. The summed E-state index contributed by atoms with van der Waals surface area (Å²) in [6.07, 6.45) is 2.95. The maximum atomic E-state index is 9.10. The number of furan rings is 2. The third-order valence-electron chi connectivity index (χ3n) is 4.78. The molecule has 0 aliphatic heterocycles. The Morgan fingerprint density at radius 3 is 1.68 bits per heavy atom. The number of nitrogen functional groups attached to an aromatic ring is 3. The summed E-state index contributed by atoms with van der Waals surface area (Å²) in [6.45, 7) is 10.0. The molecule has 2 radical (unpaired) electrons. The van der Waals surface area contributed by atoms with Crippen LogP contribution in [0.4, 0.5) is 17.5 Å². The standard InChI is InChI=1S/C9H8BrN3O.C6H14O2.C5H5BO.C4H5BrN4/c1-5-2-3-6(14-5)8-9(11)12-4-7(10)13-8;1-5(2,7)6(3,4)8;1-4-2-3-5(6)7-4;5-3-4(7)8-1-2(6)9-3/h2-4H,1H3,(H2,11,12);7-8H,1-4H3;2-3H,1H3;1H,(H2,6,9)(H2,7,8). The Morgan fingerprint density at radius 2 is 1.32 bits per heavy atom. The average molecular weight is 653 g/mol. The highest BCUT2D eigenvalue weighted by molar-refractivity contribution is 9.10. The summed E-state index contributed by atoms with van der Waals surface area (Å²) in [4.78, 5) is 15.7. The lowest BCUT2D eigenvalue weighted by Gasteiger charge is -2.31. The zero-order chi connectivity index (χ0) is 29.3. The van der Waals surface area contributed by atoms with Crippen molar-refractivity contribution in [2.75, 3.05) is 17.2 Å². The molecule has 0 fully saturated rings. The van der Waals surface area contributed by atoms with Gasteiger partial charge in [0.15, 0.2) is 29.8 Å². The summed E-state index contributed by atoms with van der Waals surface area (Å²) >= 11 is 6.30. The first kappa shape index (κ1) is 33.1. The van der Waals surface area contributed by atoms with Gasteiger partial charge < -0.3 is 36.2 Å². The minimum absolute atomic E-state index is 0.351. The molecular formula is C24H32BBr2N7O4. The summed E-state index contributed by atoms with van der Waals surface area (Å²) in [5.41, 5.74) is 15.3. The molecule has 0 amide bonds. The van der Waals surface area contributed by atoms with E-state index < -0.39 is 11.2 Å². The fourth-order valence-electron chi connectivity index (χ4n) is 1.96. The van der Waals surface area contributed by atoms with Crippen LogP contribution in [0.5, 0.6) is 0 Å². The molecule has 0 spiro atoms. The number of nitrogens with two attached hydrogens (primary N) is 3. The Bertz CT molecular complexity index is 1270. The molecule has 4 heterocycles. The minimum atomic E-state index is -1.01. The molecule has 0 aliphatic carbocycles. The molecule has 4 rings (SSSR count). The van der Waals surface area contributed by atoms with Crippen LogP contribution in [0.2, 0.25) is 0 Å². The van der Waals surface area contributed by atoms with Crippen molar-refractivity contribution >= 4 is 62.8 Å². The molecule has 0 saturated heterocycles. The minimum Gasteiger partial charge on any atom is -0.478 e. The molecule has 4 aromatic rings. The highest BCUT2D eigenvalue weighted by Crippen LogP contribution is 2.25. The maximum Gasteiger partial charge on any atom is 0.167 e. The van der Waals surface area contributed by atoms with Crippen LogP contribution in [0.15, 0.2) is 54.7 Å². The number of nitrogens with zero attached hydrogens (tertiary/aromatic N) is 4. The van der Waals surface area contributed by atoms with E-state index in [-0.39, 0.29) is 0 Å². The average Bonchev–Trinajstić information content (AvgIpc) is 3.39. The number of hydrogen-bond acceptors (Lipinski definition) is 11. The first-order valence-electron chi connectivity index (χ1n) is 11.1. The van der Waals surface area contributed by atoms with Crippen LogP contribution in [-0.4, -0.2) is 49.2 Å². The van der Waals surface area contributed by atoms with E-state index in [2.05, 4.69) is 51.8 Å². The normalized spacial score (nSPS) is 10.8. The summed E-state index contributed by atoms with van der Waals surface area (Å²) in [5, 5.41) is 18.2. The van der Waals surface area contributed by atoms with E-state index in [0.717, 1.165) is 11.5 Å². The van der Waals surface area contributed by atoms with Crippen LogP contribution < -0.4 is 22.9 Å². The third kappa shape index (κ3) is 11.6. The molecule has 0 atom stereocenters. The van der Waals surface area contributed by atoms with E-state index >= 15 is 0 Å². The highest BCUT2D eigenvalue weighted by atomic mass is 79.9. The van der Waals surface area contributed by atoms with Crippen molar-refractivity contribution in [3.63, 3.8) is 0 Å². The number of aryl methyl sites for hydroxylation is 2. The largest absolute Gasteiger partial charge is 0.478 e. The van der Waals surface area contributed by atoms with Crippen molar-refractivity contribution in [2.24, 2.45) is 0 Å². The Labute approximate surface area is 240 Å². The SMILES string of the molecule is CC(C)(O)C(C)(C)O.Cc1ccc(-c2nc(Br)cnc2N)o1.Nc1cnc(N)c(Br)n1.[B]c1ccc(C)o1. The van der Waals surface area contributed by atoms with E-state index in [1.165, 1.54) is 6.20 Å². The lowest BCUT2D eigenvalue weighted by molar-refractivity contribution is -0.107. The second-order valence-electron chi connectivity index (χ2n) is 8.87. The summed E-state index contributed by atoms with van der Waals surface area (Å²) in [6, 6.07) is 7.24. The Hall–Kier alpha value is -2.94. The number of rotatable bonds is 2. The molecule has 14 heteroatoms. The van der Waals surface area contributed by atoms with Crippen molar-refractivity contribution in [1.29, 1.82) is 0 Å². The van der Waals surface area contributed by atoms with Crippen LogP contribution >= 0.6 is 31.9 Å². The van der Waals surface area contributed by atoms with Crippen LogP contribution in [0.3, 0.4) is 0 Å². The second kappa shape index (κ2) is 14.3. The van der Waals surface area contributed by atoms with Gasteiger partial charge in [0.05, 0.1) is 29.4 Å². The molecule has 0 aliphatic rings. The van der Waals surface area contributed by atoms with Gasteiger partial charge in [0.25, 0.3) is 0 Å². The van der Waals surface area contributed by atoms with Crippen molar-refractivity contribution in [3.8, 4) is 11.5 Å². The Kier molecular flexibility index (Phi) is 12.4. The molecule has 4 aromatic heterocycles. The van der Waals surface area contributed by atoms with Crippen LogP contribution in [0.25, 0.3) is 11.5 Å². The van der Waals surface area contributed by atoms with Gasteiger partial charge in [-0.3, -0.25) is 0 Å². The van der Waals surface area contributed by atoms with Gasteiger partial charge in [0.2, 0.25) is 0 Å². The van der Waals surface area contributed by atoms with E-state index in [0.29, 0.717) is 43.8 Å². The molecule has 0 saturated carbocycles. The van der Waals surface area contributed by atoms with Crippen molar-refractivity contribution in [1.82, 2.24) is 19.9 Å². The number of aromatic nitrogens is 4. The molecule has 38 heavy (non-hydrogen) atoms. The second-order valence-corrected chi connectivity index (χ2v) is 10.4. The Balaban J connectivity index is 0.000000265. The number of hydrogen-bond donors (Lipinski definition) is 5. The highest BCUT2D eigenvalue weighted by Gasteiger charge is 2.31. The molecule has 0 aromatic carbocycles. The van der Waals surface area contributed by atoms with Gasteiger partial charge in [-0.25, -0.2) is 19.9 Å². The summed E-state index contributed by atoms with van der Waals surface area (Å²) in [5.74, 6) is 3.38. The van der Waals surface area contributed by atoms with Crippen molar-refractivity contribution < 1.29 is 19.0 Å². The van der Waals surface area contributed by atoms with Crippen LogP contribution in [-0.2, 0) is 0 Å². The van der Waals surface area contributed by atoms with Gasteiger partial charge in [0, 0.05) is 5.66 Å². The smallest absolute Gasteiger partial charge is 0.167 e. The molecule has 0 unspecified atom stereocenters. The third-order valence-corrected chi connectivity index (χ3v) is 5.74. The van der Waals surface area contributed by atoms with Crippen LogP contribution in [0.1, 0.15) is 39.2 Å². The molecule has 204 valence electrons. The monoisotopic (exact) mass is 651 g/mol. The van der Waals surface area contributed by atoms with Gasteiger partial charge in [-0.15, -0.1) is 0 Å². The zero-order valence-electron chi connectivity index (χ0n) is 22.0. The summed E-state index contributed by atoms with van der Waals surface area (Å²) in [7, 11) is 5.21. The van der Waals surface area contributed by atoms with Gasteiger partial charge in [0.1, 0.15) is 21.9 Å². The Morgan fingerprint density at radius 1 is 0.789 bits per heavy atom.